The van der Waals surface area contributed by atoms with Gasteiger partial charge in [0.05, 0.1) is 23.1 Å². The first-order chi connectivity index (χ1) is 11.6. The maximum atomic E-state index is 5.35. The molecule has 2 heterocycles. The summed E-state index contributed by atoms with van der Waals surface area (Å²) in [6.45, 7) is 6.86. The lowest BCUT2D eigenvalue weighted by molar-refractivity contribution is 0.393. The number of aromatic nitrogens is 3. The molecule has 0 saturated heterocycles. The lowest BCUT2D eigenvalue weighted by Gasteiger charge is -2.09. The summed E-state index contributed by atoms with van der Waals surface area (Å²) < 4.78 is 7.54. The van der Waals surface area contributed by atoms with Crippen LogP contribution in [-0.2, 0) is 6.54 Å². The van der Waals surface area contributed by atoms with Crippen LogP contribution in [0.2, 0.25) is 0 Å². The molecular weight excluding hydrogens is 298 g/mol. The van der Waals surface area contributed by atoms with Crippen molar-refractivity contribution in [3.63, 3.8) is 0 Å². The normalized spacial score (nSPS) is 11.3. The van der Waals surface area contributed by atoms with Crippen molar-refractivity contribution in [1.29, 1.82) is 0 Å². The molecule has 4 heteroatoms. The van der Waals surface area contributed by atoms with Crippen LogP contribution in [0.3, 0.4) is 0 Å². The molecule has 0 bridgehead atoms. The van der Waals surface area contributed by atoms with E-state index >= 15 is 0 Å². The number of fused-ring (bicyclic) bond motifs is 1. The number of hydrogen-bond donors (Lipinski definition) is 0. The Morgan fingerprint density at radius 3 is 2.54 bits per heavy atom. The standard InChI is InChI=1S/C20H19N3O/c1-13-9-18-19(10-17(13)20-14(2)22-24-15(20)3)23(12-21-18)11-16-7-5-4-6-8-16/h4-10,12H,11H2,1-3H3. The molecule has 0 spiro atoms. The summed E-state index contributed by atoms with van der Waals surface area (Å²) >= 11 is 0. The minimum atomic E-state index is 0.807. The Bertz CT molecular complexity index is 993. The van der Waals surface area contributed by atoms with Gasteiger partial charge in [-0.25, -0.2) is 4.98 Å². The number of benzene rings is 2. The van der Waals surface area contributed by atoms with Crippen LogP contribution in [0.15, 0.2) is 53.3 Å². The first-order valence-corrected chi connectivity index (χ1v) is 8.06. The van der Waals surface area contributed by atoms with Crippen LogP contribution < -0.4 is 0 Å². The van der Waals surface area contributed by atoms with E-state index in [4.69, 9.17) is 4.52 Å². The molecule has 24 heavy (non-hydrogen) atoms. The third kappa shape index (κ3) is 2.40. The van der Waals surface area contributed by atoms with Gasteiger partial charge in [-0.1, -0.05) is 35.5 Å². The van der Waals surface area contributed by atoms with Gasteiger partial charge in [0.25, 0.3) is 0 Å². The van der Waals surface area contributed by atoms with Crippen molar-refractivity contribution < 1.29 is 4.52 Å². The van der Waals surface area contributed by atoms with E-state index in [1.165, 1.54) is 11.1 Å². The highest BCUT2D eigenvalue weighted by molar-refractivity contribution is 5.85. The van der Waals surface area contributed by atoms with Gasteiger partial charge in [0.1, 0.15) is 5.76 Å². The second kappa shape index (κ2) is 5.64. The van der Waals surface area contributed by atoms with E-state index in [9.17, 15) is 0 Å². The third-order valence-electron chi connectivity index (χ3n) is 4.47. The summed E-state index contributed by atoms with van der Waals surface area (Å²) in [6, 6.07) is 14.8. The van der Waals surface area contributed by atoms with Crippen LogP contribution in [0, 0.1) is 20.8 Å². The third-order valence-corrected chi connectivity index (χ3v) is 4.47. The van der Waals surface area contributed by atoms with Crippen molar-refractivity contribution >= 4 is 11.0 Å². The van der Waals surface area contributed by atoms with Crippen molar-refractivity contribution in [3.05, 3.63) is 71.4 Å². The summed E-state index contributed by atoms with van der Waals surface area (Å²) in [5, 5.41) is 4.09. The van der Waals surface area contributed by atoms with Gasteiger partial charge in [-0.05, 0) is 49.6 Å². The number of aryl methyl sites for hydroxylation is 3. The Kier molecular flexibility index (Phi) is 3.45. The average molecular weight is 317 g/mol. The Morgan fingerprint density at radius 2 is 1.83 bits per heavy atom. The SMILES string of the molecule is Cc1cc2ncn(Cc3ccccc3)c2cc1-c1c(C)noc1C. The fraction of sp³-hybridized carbons (Fsp3) is 0.200. The van der Waals surface area contributed by atoms with Crippen molar-refractivity contribution in [2.24, 2.45) is 0 Å². The van der Waals surface area contributed by atoms with Gasteiger partial charge in [0.2, 0.25) is 0 Å². The first-order valence-electron chi connectivity index (χ1n) is 8.06. The lowest BCUT2D eigenvalue weighted by Crippen LogP contribution is -1.98. The maximum absolute atomic E-state index is 5.35. The molecular formula is C20H19N3O. The molecule has 0 fully saturated rings. The highest BCUT2D eigenvalue weighted by atomic mass is 16.5. The first kappa shape index (κ1) is 14.7. The monoisotopic (exact) mass is 317 g/mol. The van der Waals surface area contributed by atoms with Gasteiger partial charge in [0, 0.05) is 12.1 Å². The summed E-state index contributed by atoms with van der Waals surface area (Å²) in [5.41, 5.74) is 7.75. The second-order valence-corrected chi connectivity index (χ2v) is 6.21. The van der Waals surface area contributed by atoms with E-state index in [2.05, 4.69) is 58.0 Å². The molecule has 0 unspecified atom stereocenters. The van der Waals surface area contributed by atoms with Crippen molar-refractivity contribution in [2.75, 3.05) is 0 Å². The van der Waals surface area contributed by atoms with Gasteiger partial charge < -0.3 is 9.09 Å². The topological polar surface area (TPSA) is 43.9 Å². The van der Waals surface area contributed by atoms with E-state index in [0.29, 0.717) is 0 Å². The second-order valence-electron chi connectivity index (χ2n) is 6.21. The van der Waals surface area contributed by atoms with Crippen molar-refractivity contribution in [2.45, 2.75) is 27.3 Å². The smallest absolute Gasteiger partial charge is 0.141 e. The van der Waals surface area contributed by atoms with Gasteiger partial charge in [-0.3, -0.25) is 0 Å². The fourth-order valence-corrected chi connectivity index (χ4v) is 3.25. The quantitative estimate of drug-likeness (QED) is 0.552. The predicted molar refractivity (Wildman–Crippen MR) is 95.0 cm³/mol. The molecule has 4 rings (SSSR count). The van der Waals surface area contributed by atoms with Crippen LogP contribution in [0.25, 0.3) is 22.2 Å². The van der Waals surface area contributed by atoms with Crippen molar-refractivity contribution in [3.8, 4) is 11.1 Å². The number of rotatable bonds is 3. The molecule has 0 radical (unpaired) electrons. The minimum absolute atomic E-state index is 0.807. The molecule has 0 amide bonds. The highest BCUT2D eigenvalue weighted by Gasteiger charge is 2.16. The molecule has 120 valence electrons. The minimum Gasteiger partial charge on any atom is -0.361 e. The van der Waals surface area contributed by atoms with E-state index in [1.54, 1.807) is 0 Å². The average Bonchev–Trinajstić information content (AvgIpc) is 3.11. The molecule has 0 atom stereocenters. The molecule has 2 aromatic carbocycles. The summed E-state index contributed by atoms with van der Waals surface area (Å²) in [4.78, 5) is 4.57. The molecule has 0 aliphatic carbocycles. The van der Waals surface area contributed by atoms with E-state index in [1.807, 2.05) is 26.2 Å². The van der Waals surface area contributed by atoms with Crippen LogP contribution >= 0.6 is 0 Å². The van der Waals surface area contributed by atoms with E-state index in [-0.39, 0.29) is 0 Å². The Morgan fingerprint density at radius 1 is 1.04 bits per heavy atom. The maximum Gasteiger partial charge on any atom is 0.141 e. The number of nitrogens with zero attached hydrogens (tertiary/aromatic N) is 3. The zero-order valence-electron chi connectivity index (χ0n) is 14.1. The van der Waals surface area contributed by atoms with Crippen molar-refractivity contribution in [1.82, 2.24) is 14.7 Å². The molecule has 0 N–H and O–H groups in total. The lowest BCUT2D eigenvalue weighted by atomic mass is 9.98. The predicted octanol–water partition coefficient (Wildman–Crippen LogP) is 4.66. The highest BCUT2D eigenvalue weighted by Crippen LogP contribution is 2.32. The number of hydrogen-bond acceptors (Lipinski definition) is 3. The zero-order valence-corrected chi connectivity index (χ0v) is 14.1. The zero-order chi connectivity index (χ0) is 16.7. The van der Waals surface area contributed by atoms with Crippen LogP contribution in [0.1, 0.15) is 22.6 Å². The molecule has 0 aliphatic heterocycles. The van der Waals surface area contributed by atoms with Crippen LogP contribution in [-0.4, -0.2) is 14.7 Å². The van der Waals surface area contributed by atoms with Crippen LogP contribution in [0.5, 0.6) is 0 Å². The summed E-state index contributed by atoms with van der Waals surface area (Å²) in [7, 11) is 0. The largest absolute Gasteiger partial charge is 0.361 e. The van der Waals surface area contributed by atoms with E-state index < -0.39 is 0 Å². The fourth-order valence-electron chi connectivity index (χ4n) is 3.25. The molecule has 4 aromatic rings. The molecule has 2 aromatic heterocycles. The summed E-state index contributed by atoms with van der Waals surface area (Å²) in [6.07, 6.45) is 1.91. The molecule has 4 nitrogen and oxygen atoms in total. The van der Waals surface area contributed by atoms with Gasteiger partial charge >= 0.3 is 0 Å². The summed E-state index contributed by atoms with van der Waals surface area (Å²) in [5.74, 6) is 0.851. The van der Waals surface area contributed by atoms with Crippen LogP contribution in [0.4, 0.5) is 0 Å². The Labute approximate surface area is 140 Å². The van der Waals surface area contributed by atoms with E-state index in [0.717, 1.165) is 40.2 Å². The molecule has 0 aliphatic rings. The number of imidazole rings is 1. The van der Waals surface area contributed by atoms with Gasteiger partial charge in [-0.2, -0.15) is 0 Å². The van der Waals surface area contributed by atoms with Gasteiger partial charge in [-0.15, -0.1) is 0 Å². The Hall–Kier alpha value is -2.88. The van der Waals surface area contributed by atoms with Gasteiger partial charge in [0.15, 0.2) is 0 Å². The molecule has 0 saturated carbocycles. The Balaban J connectivity index is 1.86.